The molecule has 0 bridgehead atoms. The Hall–Kier alpha value is -2.28. The second kappa shape index (κ2) is 12.7. The Morgan fingerprint density at radius 1 is 1.00 bits per heavy atom. The van der Waals surface area contributed by atoms with E-state index >= 15 is 0 Å². The Morgan fingerprint density at radius 3 is 2.12 bits per heavy atom. The summed E-state index contributed by atoms with van der Waals surface area (Å²) in [6.07, 6.45) is 3.28. The second-order valence-corrected chi connectivity index (χ2v) is 15.2. The number of ketones is 2. The van der Waals surface area contributed by atoms with Gasteiger partial charge in [0.25, 0.3) is 0 Å². The lowest BCUT2D eigenvalue weighted by molar-refractivity contribution is -0.125. The Bertz CT molecular complexity index is 1360. The van der Waals surface area contributed by atoms with E-state index in [1.54, 1.807) is 49.4 Å². The SMILES string of the molecule is CC(=O)[C@@H](CC(=O)C1=C[C@@H](C(C)CC(C)(C)C)N(S(=O)(=O)c2ccccc2C)C1c1ccc(Cl)cc1)CC(C)C. The Balaban J connectivity index is 2.23. The summed E-state index contributed by atoms with van der Waals surface area (Å²) in [4.78, 5) is 26.8. The Kier molecular flexibility index (Phi) is 10.2. The third-order valence-corrected chi connectivity index (χ3v) is 9.91. The van der Waals surface area contributed by atoms with Crippen LogP contribution in [-0.4, -0.2) is 30.3 Å². The van der Waals surface area contributed by atoms with E-state index in [0.29, 0.717) is 28.1 Å². The van der Waals surface area contributed by atoms with Crippen molar-refractivity contribution in [2.24, 2.45) is 23.2 Å². The normalized spacial score (nSPS) is 19.9. The van der Waals surface area contributed by atoms with E-state index in [0.717, 1.165) is 6.42 Å². The van der Waals surface area contributed by atoms with Crippen LogP contribution in [0.15, 0.2) is 65.1 Å². The van der Waals surface area contributed by atoms with Crippen molar-refractivity contribution in [1.82, 2.24) is 4.31 Å². The number of halogens is 1. The summed E-state index contributed by atoms with van der Waals surface area (Å²) in [5, 5.41) is 0.526. The number of benzene rings is 2. The van der Waals surface area contributed by atoms with Crippen LogP contribution < -0.4 is 0 Å². The van der Waals surface area contributed by atoms with Crippen molar-refractivity contribution in [3.8, 4) is 0 Å². The Labute approximate surface area is 246 Å². The van der Waals surface area contributed by atoms with Crippen molar-refractivity contribution >= 4 is 33.2 Å². The van der Waals surface area contributed by atoms with Gasteiger partial charge in [-0.15, -0.1) is 0 Å². The van der Waals surface area contributed by atoms with Crippen molar-refractivity contribution in [2.45, 2.75) is 91.6 Å². The molecule has 1 aliphatic heterocycles. The molecule has 1 heterocycles. The van der Waals surface area contributed by atoms with Gasteiger partial charge in [0.05, 0.1) is 10.9 Å². The molecule has 2 aromatic rings. The average Bonchev–Trinajstić information content (AvgIpc) is 3.25. The summed E-state index contributed by atoms with van der Waals surface area (Å²) in [5.74, 6) is -0.435. The van der Waals surface area contributed by atoms with Crippen molar-refractivity contribution in [3.63, 3.8) is 0 Å². The highest BCUT2D eigenvalue weighted by Crippen LogP contribution is 2.46. The topological polar surface area (TPSA) is 71.5 Å². The number of carbonyl (C=O) groups excluding carboxylic acids is 2. The van der Waals surface area contributed by atoms with Crippen LogP contribution >= 0.6 is 11.6 Å². The van der Waals surface area contributed by atoms with E-state index in [2.05, 4.69) is 27.7 Å². The standard InChI is InChI=1S/C33H44ClNO4S/c1-21(2)17-26(24(5)36)18-30(37)28-19-29(23(4)20-33(6,7)8)35(32(28)25-13-15-27(34)16-14-25)40(38,39)31-12-10-9-11-22(31)3/h9-16,19,21,23,26,29,32H,17-18,20H2,1-8H3/t23?,26-,29+,32?/m1/s1. The van der Waals surface area contributed by atoms with Gasteiger partial charge in [-0.1, -0.05) is 89.6 Å². The van der Waals surface area contributed by atoms with Gasteiger partial charge >= 0.3 is 0 Å². The summed E-state index contributed by atoms with van der Waals surface area (Å²) in [7, 11) is -4.03. The number of nitrogens with zero attached hydrogens (tertiary/aromatic N) is 1. The third-order valence-electron chi connectivity index (χ3n) is 7.63. The lowest BCUT2D eigenvalue weighted by Gasteiger charge is -2.36. The lowest BCUT2D eigenvalue weighted by atomic mass is 9.82. The number of aryl methyl sites for hydroxylation is 1. The molecule has 0 amide bonds. The highest BCUT2D eigenvalue weighted by Gasteiger charge is 2.48. The first-order valence-electron chi connectivity index (χ1n) is 14.1. The predicted octanol–water partition coefficient (Wildman–Crippen LogP) is 7.97. The molecule has 2 unspecified atom stereocenters. The largest absolute Gasteiger partial charge is 0.300 e. The fourth-order valence-corrected chi connectivity index (χ4v) is 8.12. The first-order valence-corrected chi connectivity index (χ1v) is 15.9. The quantitative estimate of drug-likeness (QED) is 0.268. The Morgan fingerprint density at radius 2 is 1.60 bits per heavy atom. The van der Waals surface area contributed by atoms with E-state index < -0.39 is 28.0 Å². The zero-order chi connectivity index (χ0) is 30.0. The molecule has 0 N–H and O–H groups in total. The van der Waals surface area contributed by atoms with Gasteiger partial charge in [-0.2, -0.15) is 4.31 Å². The van der Waals surface area contributed by atoms with Gasteiger partial charge in [-0.3, -0.25) is 9.59 Å². The molecular formula is C33H44ClNO4S. The molecule has 0 aromatic heterocycles. The molecule has 4 atom stereocenters. The van der Waals surface area contributed by atoms with Gasteiger partial charge in [0.1, 0.15) is 5.78 Å². The average molecular weight is 586 g/mol. The van der Waals surface area contributed by atoms with E-state index in [1.807, 2.05) is 26.0 Å². The molecule has 218 valence electrons. The minimum absolute atomic E-state index is 0.0225. The number of hydrogen-bond donors (Lipinski definition) is 0. The van der Waals surface area contributed by atoms with Crippen molar-refractivity contribution in [2.75, 3.05) is 0 Å². The van der Waals surface area contributed by atoms with Crippen LogP contribution in [0.2, 0.25) is 5.02 Å². The zero-order valence-electron chi connectivity index (χ0n) is 25.1. The van der Waals surface area contributed by atoms with Crippen LogP contribution in [0.4, 0.5) is 0 Å². The molecule has 0 spiro atoms. The van der Waals surface area contributed by atoms with E-state index in [1.165, 1.54) is 11.2 Å². The molecule has 7 heteroatoms. The van der Waals surface area contributed by atoms with E-state index in [-0.39, 0.29) is 40.1 Å². The predicted molar refractivity (Wildman–Crippen MR) is 163 cm³/mol. The number of rotatable bonds is 11. The highest BCUT2D eigenvalue weighted by molar-refractivity contribution is 7.89. The molecule has 2 aromatic carbocycles. The maximum absolute atomic E-state index is 14.5. The molecular weight excluding hydrogens is 542 g/mol. The maximum Gasteiger partial charge on any atom is 0.244 e. The molecule has 1 aliphatic rings. The van der Waals surface area contributed by atoms with Gasteiger partial charge < -0.3 is 0 Å². The molecule has 0 radical (unpaired) electrons. The second-order valence-electron chi connectivity index (χ2n) is 13.0. The van der Waals surface area contributed by atoms with Crippen LogP contribution in [0.25, 0.3) is 0 Å². The van der Waals surface area contributed by atoms with Crippen LogP contribution in [-0.2, 0) is 19.6 Å². The minimum atomic E-state index is -4.03. The van der Waals surface area contributed by atoms with Crippen LogP contribution in [0.1, 0.15) is 84.9 Å². The number of carbonyl (C=O) groups is 2. The number of Topliss-reactive ketones (excluding diaryl/α,β-unsaturated/α-hetero) is 2. The maximum atomic E-state index is 14.5. The minimum Gasteiger partial charge on any atom is -0.300 e. The molecule has 5 nitrogen and oxygen atoms in total. The van der Waals surface area contributed by atoms with E-state index in [9.17, 15) is 18.0 Å². The highest BCUT2D eigenvalue weighted by atomic mass is 35.5. The zero-order valence-corrected chi connectivity index (χ0v) is 26.6. The molecule has 40 heavy (non-hydrogen) atoms. The fraction of sp³-hybridized carbons (Fsp3) is 0.515. The fourth-order valence-electron chi connectivity index (χ4n) is 5.94. The smallest absolute Gasteiger partial charge is 0.244 e. The first-order chi connectivity index (χ1) is 18.5. The van der Waals surface area contributed by atoms with Gasteiger partial charge in [0, 0.05) is 29.0 Å². The molecule has 3 rings (SSSR count). The third kappa shape index (κ3) is 7.51. The van der Waals surface area contributed by atoms with Gasteiger partial charge in [0.2, 0.25) is 10.0 Å². The molecule has 0 fully saturated rings. The van der Waals surface area contributed by atoms with Crippen molar-refractivity contribution < 1.29 is 18.0 Å². The molecule has 0 aliphatic carbocycles. The van der Waals surface area contributed by atoms with Gasteiger partial charge in [-0.05, 0) is 73.3 Å². The molecule has 0 saturated carbocycles. The van der Waals surface area contributed by atoms with Crippen LogP contribution in [0, 0.1) is 30.1 Å². The molecule has 0 saturated heterocycles. The summed E-state index contributed by atoms with van der Waals surface area (Å²) < 4.78 is 30.6. The van der Waals surface area contributed by atoms with Crippen molar-refractivity contribution in [1.29, 1.82) is 0 Å². The summed E-state index contributed by atoms with van der Waals surface area (Å²) >= 11 is 6.21. The summed E-state index contributed by atoms with van der Waals surface area (Å²) in [6, 6.07) is 12.6. The van der Waals surface area contributed by atoms with E-state index in [4.69, 9.17) is 11.6 Å². The monoisotopic (exact) mass is 585 g/mol. The lowest BCUT2D eigenvalue weighted by Crippen LogP contribution is -2.43. The first kappa shape index (κ1) is 32.2. The summed E-state index contributed by atoms with van der Waals surface area (Å²) in [5.41, 5.74) is 1.70. The number of sulfonamides is 1. The van der Waals surface area contributed by atoms with Gasteiger partial charge in [0.15, 0.2) is 5.78 Å². The number of hydrogen-bond acceptors (Lipinski definition) is 4. The van der Waals surface area contributed by atoms with Crippen molar-refractivity contribution in [3.05, 3.63) is 76.3 Å². The van der Waals surface area contributed by atoms with Gasteiger partial charge in [-0.25, -0.2) is 8.42 Å². The van der Waals surface area contributed by atoms with Crippen LogP contribution in [0.5, 0.6) is 0 Å². The van der Waals surface area contributed by atoms with Crippen LogP contribution in [0.3, 0.4) is 0 Å². The summed E-state index contributed by atoms with van der Waals surface area (Å²) in [6.45, 7) is 15.8.